The number of rotatable bonds is 8. The van der Waals surface area contributed by atoms with Crippen LogP contribution in [-0.4, -0.2) is 35.8 Å². The normalized spacial score (nSPS) is 13.3. The maximum absolute atomic E-state index is 13.0. The molecule has 2 heterocycles. The van der Waals surface area contributed by atoms with E-state index in [0.717, 1.165) is 53.8 Å². The zero-order chi connectivity index (χ0) is 19.9. The monoisotopic (exact) mass is 377 g/mol. The number of fused-ring (bicyclic) bond motifs is 3. The van der Waals surface area contributed by atoms with Crippen LogP contribution < -0.4 is 0 Å². The SMILES string of the molecule is CCCCC(CC)COC(=O)C(/C=N/C)=C1c2cccnc2-c2ncccc21. The smallest absolute Gasteiger partial charge is 0.340 e. The molecule has 0 amide bonds. The van der Waals surface area contributed by atoms with Gasteiger partial charge in [0.2, 0.25) is 0 Å². The molecule has 0 spiro atoms. The Morgan fingerprint density at radius 3 is 2.32 bits per heavy atom. The molecule has 0 N–H and O–H groups in total. The number of esters is 1. The highest BCUT2D eigenvalue weighted by molar-refractivity contribution is 6.21. The van der Waals surface area contributed by atoms with E-state index >= 15 is 0 Å². The predicted octanol–water partition coefficient (Wildman–Crippen LogP) is 4.72. The summed E-state index contributed by atoms with van der Waals surface area (Å²) in [6, 6.07) is 7.67. The van der Waals surface area contributed by atoms with Crippen molar-refractivity contribution in [1.29, 1.82) is 0 Å². The summed E-state index contributed by atoms with van der Waals surface area (Å²) in [5.74, 6) is 0.0438. The fraction of sp³-hybridized carbons (Fsp3) is 0.391. The number of ether oxygens (including phenoxy) is 1. The second kappa shape index (κ2) is 9.40. The minimum Gasteiger partial charge on any atom is -0.462 e. The zero-order valence-corrected chi connectivity index (χ0v) is 16.8. The lowest BCUT2D eigenvalue weighted by atomic mass is 9.99. The molecule has 2 aromatic rings. The first kappa shape index (κ1) is 19.9. The van der Waals surface area contributed by atoms with Crippen molar-refractivity contribution in [2.75, 3.05) is 13.7 Å². The van der Waals surface area contributed by atoms with Crippen LogP contribution in [0.1, 0.15) is 50.7 Å². The third kappa shape index (κ3) is 4.03. The van der Waals surface area contributed by atoms with Gasteiger partial charge in [-0.3, -0.25) is 15.0 Å². The third-order valence-corrected chi connectivity index (χ3v) is 5.12. The molecule has 28 heavy (non-hydrogen) atoms. The van der Waals surface area contributed by atoms with Gasteiger partial charge in [-0.25, -0.2) is 4.79 Å². The average Bonchev–Trinajstić information content (AvgIpc) is 3.06. The number of aliphatic imine (C=N–C) groups is 1. The lowest BCUT2D eigenvalue weighted by molar-refractivity contribution is -0.139. The quantitative estimate of drug-likeness (QED) is 0.324. The molecule has 146 valence electrons. The lowest BCUT2D eigenvalue weighted by Gasteiger charge is -2.16. The average molecular weight is 377 g/mol. The minimum absolute atomic E-state index is 0.345. The van der Waals surface area contributed by atoms with Gasteiger partial charge in [0.25, 0.3) is 0 Å². The van der Waals surface area contributed by atoms with Crippen LogP contribution in [-0.2, 0) is 9.53 Å². The van der Waals surface area contributed by atoms with Crippen molar-refractivity contribution in [3.8, 4) is 11.4 Å². The highest BCUT2D eigenvalue weighted by Crippen LogP contribution is 2.43. The van der Waals surface area contributed by atoms with Gasteiger partial charge in [-0.15, -0.1) is 0 Å². The summed E-state index contributed by atoms with van der Waals surface area (Å²) in [5.41, 5.74) is 4.61. The lowest BCUT2D eigenvalue weighted by Crippen LogP contribution is -2.17. The highest BCUT2D eigenvalue weighted by Gasteiger charge is 2.30. The summed E-state index contributed by atoms with van der Waals surface area (Å²) in [6.07, 6.45) is 9.45. The molecule has 0 aliphatic heterocycles. The maximum atomic E-state index is 13.0. The molecule has 0 saturated carbocycles. The fourth-order valence-corrected chi connectivity index (χ4v) is 3.54. The molecule has 1 aliphatic carbocycles. The summed E-state index contributed by atoms with van der Waals surface area (Å²) in [6.45, 7) is 4.75. The number of aromatic nitrogens is 2. The molecule has 0 aromatic carbocycles. The summed E-state index contributed by atoms with van der Waals surface area (Å²) in [4.78, 5) is 26.1. The first-order chi connectivity index (χ1) is 13.7. The van der Waals surface area contributed by atoms with Gasteiger partial charge in [-0.05, 0) is 24.5 Å². The van der Waals surface area contributed by atoms with Gasteiger partial charge in [-0.2, -0.15) is 0 Å². The maximum Gasteiger partial charge on any atom is 0.340 e. The predicted molar refractivity (Wildman–Crippen MR) is 112 cm³/mol. The van der Waals surface area contributed by atoms with Crippen LogP contribution in [0.4, 0.5) is 0 Å². The molecule has 3 rings (SSSR count). The number of hydrogen-bond donors (Lipinski definition) is 0. The summed E-state index contributed by atoms with van der Waals surface area (Å²) >= 11 is 0. The van der Waals surface area contributed by atoms with Crippen LogP contribution in [0.25, 0.3) is 17.0 Å². The molecule has 2 aromatic heterocycles. The first-order valence-electron chi connectivity index (χ1n) is 9.95. The van der Waals surface area contributed by atoms with E-state index in [2.05, 4.69) is 28.8 Å². The molecule has 1 unspecified atom stereocenters. The Labute approximate surface area is 166 Å². The van der Waals surface area contributed by atoms with Crippen molar-refractivity contribution < 1.29 is 9.53 Å². The summed E-state index contributed by atoms with van der Waals surface area (Å²) in [7, 11) is 1.66. The zero-order valence-electron chi connectivity index (χ0n) is 16.8. The van der Waals surface area contributed by atoms with E-state index in [-0.39, 0.29) is 5.97 Å². The molecule has 0 saturated heterocycles. The molecule has 5 nitrogen and oxygen atoms in total. The van der Waals surface area contributed by atoms with Gasteiger partial charge in [0, 0.05) is 42.4 Å². The first-order valence-corrected chi connectivity index (χ1v) is 9.95. The Balaban J connectivity index is 1.97. The van der Waals surface area contributed by atoms with Crippen molar-refractivity contribution in [3.63, 3.8) is 0 Å². The van der Waals surface area contributed by atoms with E-state index in [4.69, 9.17) is 4.74 Å². The van der Waals surface area contributed by atoms with E-state index < -0.39 is 0 Å². The molecular formula is C23H27N3O2. The number of carbonyl (C=O) groups excluding carboxylic acids is 1. The van der Waals surface area contributed by atoms with E-state index in [1.165, 1.54) is 0 Å². The summed E-state index contributed by atoms with van der Waals surface area (Å²) in [5, 5.41) is 0. The van der Waals surface area contributed by atoms with Crippen molar-refractivity contribution in [1.82, 2.24) is 9.97 Å². The molecule has 0 radical (unpaired) electrons. The standard InChI is InChI=1S/C23H27N3O2/c1-4-6-9-16(5-2)15-28-23(27)19(14-24-3)20-17-10-7-12-25-21(17)22-18(20)11-8-13-26-22/h7-8,10-14,16H,4-6,9,15H2,1-3H3/b24-14+. The van der Waals surface area contributed by atoms with Crippen molar-refractivity contribution >= 4 is 17.8 Å². The van der Waals surface area contributed by atoms with E-state index in [0.29, 0.717) is 18.1 Å². The molecule has 0 bridgehead atoms. The fourth-order valence-electron chi connectivity index (χ4n) is 3.54. The number of nitrogens with zero attached hydrogens (tertiary/aromatic N) is 3. The Morgan fingerprint density at radius 2 is 1.79 bits per heavy atom. The second-order valence-corrected chi connectivity index (χ2v) is 6.99. The number of unbranched alkanes of at least 4 members (excludes halogenated alkanes) is 1. The van der Waals surface area contributed by atoms with Gasteiger partial charge < -0.3 is 4.74 Å². The second-order valence-electron chi connectivity index (χ2n) is 6.99. The van der Waals surface area contributed by atoms with E-state index in [1.54, 1.807) is 25.7 Å². The van der Waals surface area contributed by atoms with Crippen molar-refractivity contribution in [3.05, 3.63) is 53.4 Å². The van der Waals surface area contributed by atoms with E-state index in [1.807, 2.05) is 24.3 Å². The molecular weight excluding hydrogens is 350 g/mol. The minimum atomic E-state index is -0.345. The number of pyridine rings is 2. The topological polar surface area (TPSA) is 64.4 Å². The van der Waals surface area contributed by atoms with Crippen LogP contribution in [0.2, 0.25) is 0 Å². The number of carbonyl (C=O) groups is 1. The molecule has 0 fully saturated rings. The van der Waals surface area contributed by atoms with Crippen molar-refractivity contribution in [2.24, 2.45) is 10.9 Å². The van der Waals surface area contributed by atoms with Crippen LogP contribution in [0.15, 0.2) is 47.2 Å². The van der Waals surface area contributed by atoms with E-state index in [9.17, 15) is 4.79 Å². The van der Waals surface area contributed by atoms with Gasteiger partial charge >= 0.3 is 5.97 Å². The largest absolute Gasteiger partial charge is 0.462 e. The van der Waals surface area contributed by atoms with Gasteiger partial charge in [0.15, 0.2) is 0 Å². The highest BCUT2D eigenvalue weighted by atomic mass is 16.5. The van der Waals surface area contributed by atoms with Crippen molar-refractivity contribution in [2.45, 2.75) is 39.5 Å². The van der Waals surface area contributed by atoms with Crippen LogP contribution in [0, 0.1) is 5.92 Å². The summed E-state index contributed by atoms with van der Waals surface area (Å²) < 4.78 is 5.72. The van der Waals surface area contributed by atoms with Gasteiger partial charge in [0.05, 0.1) is 23.6 Å². The molecule has 5 heteroatoms. The van der Waals surface area contributed by atoms with Crippen LogP contribution in [0.5, 0.6) is 0 Å². The Kier molecular flexibility index (Phi) is 6.69. The van der Waals surface area contributed by atoms with Gasteiger partial charge in [0.1, 0.15) is 0 Å². The number of hydrogen-bond acceptors (Lipinski definition) is 5. The Hall–Kier alpha value is -2.82. The van der Waals surface area contributed by atoms with Gasteiger partial charge in [-0.1, -0.05) is 45.2 Å². The van der Waals surface area contributed by atoms with Crippen LogP contribution in [0.3, 0.4) is 0 Å². The third-order valence-electron chi connectivity index (χ3n) is 5.12. The van der Waals surface area contributed by atoms with Crippen LogP contribution >= 0.6 is 0 Å². The molecule has 1 aliphatic rings. The Bertz CT molecular complexity index is 855. The Morgan fingerprint density at radius 1 is 1.14 bits per heavy atom. The molecule has 1 atom stereocenters.